The molecule has 1 aromatic rings. The fourth-order valence-electron chi connectivity index (χ4n) is 1.12. The Morgan fingerprint density at radius 3 is 2.69 bits per heavy atom. The summed E-state index contributed by atoms with van der Waals surface area (Å²) in [5.74, 6) is -0.0561. The van der Waals surface area contributed by atoms with Crippen molar-refractivity contribution in [3.63, 3.8) is 0 Å². The van der Waals surface area contributed by atoms with Crippen molar-refractivity contribution in [3.8, 4) is 5.75 Å². The maximum absolute atomic E-state index is 11.3. The first-order valence-electron chi connectivity index (χ1n) is 4.68. The van der Waals surface area contributed by atoms with Gasteiger partial charge in [-0.1, -0.05) is 11.6 Å². The van der Waals surface area contributed by atoms with Crippen molar-refractivity contribution in [2.45, 2.75) is 6.92 Å². The molecule has 1 aromatic carbocycles. The number of nitrogens with one attached hydrogen (secondary N) is 1. The van der Waals surface area contributed by atoms with Gasteiger partial charge in [0.2, 0.25) is 0 Å². The number of ketones is 1. The van der Waals surface area contributed by atoms with Crippen molar-refractivity contribution in [3.05, 3.63) is 28.8 Å². The largest absolute Gasteiger partial charge is 0.483 e. The molecule has 0 unspecified atom stereocenters. The van der Waals surface area contributed by atoms with E-state index in [4.69, 9.17) is 16.3 Å². The normalized spacial score (nSPS) is 9.69. The summed E-state index contributed by atoms with van der Waals surface area (Å²) in [5, 5.41) is 2.88. The van der Waals surface area contributed by atoms with Crippen LogP contribution in [0.1, 0.15) is 17.3 Å². The predicted octanol–water partition coefficient (Wildman–Crippen LogP) is 1.67. The van der Waals surface area contributed by atoms with Gasteiger partial charge in [-0.05, 0) is 25.1 Å². The van der Waals surface area contributed by atoms with Crippen LogP contribution in [-0.4, -0.2) is 25.3 Å². The van der Waals surface area contributed by atoms with E-state index in [0.717, 1.165) is 0 Å². The number of benzene rings is 1. The van der Waals surface area contributed by atoms with Crippen LogP contribution in [0, 0.1) is 0 Å². The summed E-state index contributed by atoms with van der Waals surface area (Å²) in [6, 6.07) is 4.69. The van der Waals surface area contributed by atoms with Crippen molar-refractivity contribution in [2.24, 2.45) is 0 Å². The Hall–Kier alpha value is -1.55. The van der Waals surface area contributed by atoms with Crippen LogP contribution in [0.2, 0.25) is 5.02 Å². The van der Waals surface area contributed by atoms with E-state index in [1.807, 2.05) is 0 Å². The highest BCUT2D eigenvalue weighted by atomic mass is 35.5. The average Bonchev–Trinajstić information content (AvgIpc) is 2.26. The second-order valence-corrected chi connectivity index (χ2v) is 3.59. The van der Waals surface area contributed by atoms with Gasteiger partial charge in [-0.25, -0.2) is 0 Å². The number of hydrogen-bond acceptors (Lipinski definition) is 3. The van der Waals surface area contributed by atoms with Crippen molar-refractivity contribution >= 4 is 23.3 Å². The van der Waals surface area contributed by atoms with Gasteiger partial charge in [0.1, 0.15) is 5.75 Å². The van der Waals surface area contributed by atoms with E-state index in [9.17, 15) is 9.59 Å². The van der Waals surface area contributed by atoms with Gasteiger partial charge in [0.25, 0.3) is 5.91 Å². The Balaban J connectivity index is 2.87. The molecule has 1 N–H and O–H groups in total. The first-order chi connectivity index (χ1) is 7.54. The minimum atomic E-state index is -0.260. The summed E-state index contributed by atoms with van der Waals surface area (Å²) in [7, 11) is 1.51. The number of amides is 1. The zero-order chi connectivity index (χ0) is 12.1. The minimum Gasteiger partial charge on any atom is -0.483 e. The zero-order valence-electron chi connectivity index (χ0n) is 9.04. The Bertz CT molecular complexity index is 418. The number of Topliss-reactive ketones (excluding diaryl/α,β-unsaturated/α-hetero) is 1. The van der Waals surface area contributed by atoms with Gasteiger partial charge in [0, 0.05) is 12.1 Å². The van der Waals surface area contributed by atoms with Gasteiger partial charge in [0.05, 0.1) is 5.56 Å². The number of carbonyl (C=O) groups excluding carboxylic acids is 2. The third kappa shape index (κ3) is 3.24. The summed E-state index contributed by atoms with van der Waals surface area (Å²) in [6.45, 7) is 1.29. The monoisotopic (exact) mass is 241 g/mol. The number of rotatable bonds is 4. The van der Waals surface area contributed by atoms with Gasteiger partial charge < -0.3 is 10.1 Å². The summed E-state index contributed by atoms with van der Waals surface area (Å²) in [5.41, 5.74) is 0.372. The maximum Gasteiger partial charge on any atom is 0.257 e. The molecule has 0 aliphatic heterocycles. The van der Waals surface area contributed by atoms with Crippen LogP contribution in [0.4, 0.5) is 0 Å². The summed E-state index contributed by atoms with van der Waals surface area (Å²) < 4.78 is 5.21. The molecule has 0 fully saturated rings. The second-order valence-electron chi connectivity index (χ2n) is 3.16. The van der Waals surface area contributed by atoms with Crippen LogP contribution < -0.4 is 10.1 Å². The molecule has 86 valence electrons. The highest BCUT2D eigenvalue weighted by Crippen LogP contribution is 2.23. The average molecular weight is 242 g/mol. The van der Waals surface area contributed by atoms with Gasteiger partial charge in [-0.2, -0.15) is 0 Å². The van der Waals surface area contributed by atoms with Gasteiger partial charge in [-0.15, -0.1) is 0 Å². The quantitative estimate of drug-likeness (QED) is 0.816. The molecule has 0 heterocycles. The van der Waals surface area contributed by atoms with Crippen molar-refractivity contribution < 1.29 is 14.3 Å². The SMILES string of the molecule is CNC(=O)COc1ccc(Cl)cc1C(C)=O. The molecule has 5 heteroatoms. The molecule has 0 bridgehead atoms. The highest BCUT2D eigenvalue weighted by molar-refractivity contribution is 6.31. The van der Waals surface area contributed by atoms with E-state index in [2.05, 4.69) is 5.32 Å². The second kappa shape index (κ2) is 5.51. The molecular formula is C11H12ClNO3. The molecule has 0 spiro atoms. The molecular weight excluding hydrogens is 230 g/mol. The molecule has 0 aromatic heterocycles. The lowest BCUT2D eigenvalue weighted by molar-refractivity contribution is -0.122. The number of likely N-dealkylation sites (N-methyl/N-ethyl adjacent to an activating group) is 1. The topological polar surface area (TPSA) is 55.4 Å². The number of hydrogen-bond donors (Lipinski definition) is 1. The molecule has 0 saturated carbocycles. The number of carbonyl (C=O) groups is 2. The van der Waals surface area contributed by atoms with Gasteiger partial charge in [-0.3, -0.25) is 9.59 Å². The van der Waals surface area contributed by atoms with E-state index in [-0.39, 0.29) is 18.3 Å². The van der Waals surface area contributed by atoms with Crippen molar-refractivity contribution in [1.82, 2.24) is 5.32 Å². The number of ether oxygens (including phenoxy) is 1. The molecule has 4 nitrogen and oxygen atoms in total. The molecule has 0 radical (unpaired) electrons. The molecule has 0 saturated heterocycles. The molecule has 0 aliphatic rings. The van der Waals surface area contributed by atoms with Gasteiger partial charge >= 0.3 is 0 Å². The highest BCUT2D eigenvalue weighted by Gasteiger charge is 2.10. The first kappa shape index (κ1) is 12.5. The van der Waals surface area contributed by atoms with E-state index < -0.39 is 0 Å². The fourth-order valence-corrected chi connectivity index (χ4v) is 1.29. The van der Waals surface area contributed by atoms with E-state index in [1.54, 1.807) is 12.1 Å². The van der Waals surface area contributed by atoms with Crippen LogP contribution in [0.15, 0.2) is 18.2 Å². The molecule has 16 heavy (non-hydrogen) atoms. The van der Waals surface area contributed by atoms with E-state index >= 15 is 0 Å². The third-order valence-electron chi connectivity index (χ3n) is 1.96. The lowest BCUT2D eigenvalue weighted by Crippen LogP contribution is -2.25. The Morgan fingerprint density at radius 2 is 2.12 bits per heavy atom. The molecule has 0 atom stereocenters. The smallest absolute Gasteiger partial charge is 0.257 e. The van der Waals surface area contributed by atoms with Crippen LogP contribution in [0.25, 0.3) is 0 Å². The van der Waals surface area contributed by atoms with E-state index in [1.165, 1.54) is 20.0 Å². The van der Waals surface area contributed by atoms with E-state index in [0.29, 0.717) is 16.3 Å². The Kier molecular flexibility index (Phi) is 4.31. The summed E-state index contributed by atoms with van der Waals surface area (Å²) in [6.07, 6.45) is 0. The van der Waals surface area contributed by atoms with Crippen molar-refractivity contribution in [2.75, 3.05) is 13.7 Å². The van der Waals surface area contributed by atoms with Crippen LogP contribution in [-0.2, 0) is 4.79 Å². The summed E-state index contributed by atoms with van der Waals surface area (Å²) in [4.78, 5) is 22.3. The first-order valence-corrected chi connectivity index (χ1v) is 5.06. The minimum absolute atomic E-state index is 0.127. The third-order valence-corrected chi connectivity index (χ3v) is 2.19. The standard InChI is InChI=1S/C11H12ClNO3/c1-7(14)9-5-8(12)3-4-10(9)16-6-11(15)13-2/h3-5H,6H2,1-2H3,(H,13,15). The lowest BCUT2D eigenvalue weighted by Gasteiger charge is -2.09. The predicted molar refractivity (Wildman–Crippen MR) is 61.0 cm³/mol. The maximum atomic E-state index is 11.3. The summed E-state index contributed by atoms with van der Waals surface area (Å²) >= 11 is 5.76. The van der Waals surface area contributed by atoms with Gasteiger partial charge in [0.15, 0.2) is 12.4 Å². The Morgan fingerprint density at radius 1 is 1.44 bits per heavy atom. The van der Waals surface area contributed by atoms with Crippen LogP contribution >= 0.6 is 11.6 Å². The Labute approximate surface area is 98.5 Å². The fraction of sp³-hybridized carbons (Fsp3) is 0.273. The van der Waals surface area contributed by atoms with Crippen LogP contribution in [0.3, 0.4) is 0 Å². The molecule has 1 amide bonds. The molecule has 0 aliphatic carbocycles. The lowest BCUT2D eigenvalue weighted by atomic mass is 10.1. The molecule has 1 rings (SSSR count). The zero-order valence-corrected chi connectivity index (χ0v) is 9.80. The number of halogens is 1. The van der Waals surface area contributed by atoms with Crippen molar-refractivity contribution in [1.29, 1.82) is 0 Å². The van der Waals surface area contributed by atoms with Crippen LogP contribution in [0.5, 0.6) is 5.75 Å².